The molecule has 0 N–H and O–H groups in total. The highest BCUT2D eigenvalue weighted by Gasteiger charge is 2.25. The molecule has 1 aliphatic carbocycles. The molecule has 0 aliphatic heterocycles. The predicted molar refractivity (Wildman–Crippen MR) is 189 cm³/mol. The fourth-order valence-electron chi connectivity index (χ4n) is 7.35. The van der Waals surface area contributed by atoms with E-state index in [1.165, 1.54) is 81.3 Å². The van der Waals surface area contributed by atoms with Gasteiger partial charge in [0.1, 0.15) is 11.2 Å². The van der Waals surface area contributed by atoms with Crippen molar-refractivity contribution >= 4 is 78.1 Å². The lowest BCUT2D eigenvalue weighted by molar-refractivity contribution is 0.669. The molecule has 0 bridgehead atoms. The first kappa shape index (κ1) is 24.2. The van der Waals surface area contributed by atoms with Gasteiger partial charge in [-0.3, -0.25) is 0 Å². The molecule has 0 unspecified atom stereocenters. The van der Waals surface area contributed by atoms with Crippen molar-refractivity contribution in [1.29, 1.82) is 0 Å². The molecule has 2 heteroatoms. The monoisotopic (exact) mass is 576 g/mol. The molecule has 1 aliphatic rings. The van der Waals surface area contributed by atoms with Gasteiger partial charge in [-0.25, -0.2) is 0 Å². The molecule has 0 radical (unpaired) electrons. The second-order valence-corrected chi connectivity index (χ2v) is 14.0. The maximum absolute atomic E-state index is 6.61. The molecule has 10 rings (SSSR count). The minimum absolute atomic E-state index is 0.825. The SMILES string of the molecule is c1ccc2c(c1)-c1cccc3c1c-2cc1oc2ccc(P(c4ccc5ccccc5c4)c4ccc5ccccc5c4)cc2c13. The molecule has 0 saturated carbocycles. The van der Waals surface area contributed by atoms with Gasteiger partial charge in [-0.1, -0.05) is 121 Å². The number of rotatable bonds is 3. The zero-order valence-electron chi connectivity index (χ0n) is 23.8. The van der Waals surface area contributed by atoms with E-state index in [0.29, 0.717) is 0 Å². The Hall–Kier alpha value is -5.23. The van der Waals surface area contributed by atoms with Crippen LogP contribution in [0.15, 0.2) is 156 Å². The van der Waals surface area contributed by atoms with E-state index in [1.807, 2.05) is 0 Å². The molecule has 0 fully saturated rings. The Labute approximate surface area is 255 Å². The summed E-state index contributed by atoms with van der Waals surface area (Å²) in [6.45, 7) is 0. The van der Waals surface area contributed by atoms with E-state index in [2.05, 4.69) is 152 Å². The summed E-state index contributed by atoms with van der Waals surface area (Å²) >= 11 is 0. The number of hydrogen-bond donors (Lipinski definition) is 0. The number of fused-ring (bicyclic) bond motifs is 9. The van der Waals surface area contributed by atoms with Crippen LogP contribution >= 0.6 is 7.92 Å². The molecule has 1 nitrogen and oxygen atoms in total. The second kappa shape index (κ2) is 9.13. The third kappa shape index (κ3) is 3.45. The lowest BCUT2D eigenvalue weighted by Crippen LogP contribution is -2.20. The van der Waals surface area contributed by atoms with Gasteiger partial charge >= 0.3 is 0 Å². The van der Waals surface area contributed by atoms with Crippen molar-refractivity contribution in [2.24, 2.45) is 0 Å². The smallest absolute Gasteiger partial charge is 0.136 e. The average molecular weight is 577 g/mol. The summed E-state index contributed by atoms with van der Waals surface area (Å²) < 4.78 is 6.61. The van der Waals surface area contributed by atoms with Crippen LogP contribution in [0.2, 0.25) is 0 Å². The number of hydrogen-bond acceptors (Lipinski definition) is 1. The maximum atomic E-state index is 6.61. The summed E-state index contributed by atoms with van der Waals surface area (Å²) in [7, 11) is -0.825. The summed E-state index contributed by atoms with van der Waals surface area (Å²) in [4.78, 5) is 0. The van der Waals surface area contributed by atoms with E-state index in [4.69, 9.17) is 4.42 Å². The van der Waals surface area contributed by atoms with Crippen molar-refractivity contribution < 1.29 is 4.42 Å². The Morgan fingerprint density at radius 3 is 1.61 bits per heavy atom. The van der Waals surface area contributed by atoms with E-state index in [-0.39, 0.29) is 0 Å². The first-order valence-corrected chi connectivity index (χ1v) is 16.4. The summed E-state index contributed by atoms with van der Waals surface area (Å²) in [5.41, 5.74) is 7.07. The fourth-order valence-corrected chi connectivity index (χ4v) is 9.71. The average Bonchev–Trinajstić information content (AvgIpc) is 3.61. The van der Waals surface area contributed by atoms with Gasteiger partial charge in [-0.2, -0.15) is 0 Å². The third-order valence-corrected chi connectivity index (χ3v) is 11.7. The first-order chi connectivity index (χ1) is 21.8. The molecule has 204 valence electrons. The Bertz CT molecular complexity index is 2550. The first-order valence-electron chi connectivity index (χ1n) is 15.1. The second-order valence-electron chi connectivity index (χ2n) is 11.8. The van der Waals surface area contributed by atoms with Crippen LogP contribution in [0.25, 0.3) is 76.5 Å². The van der Waals surface area contributed by atoms with Crippen LogP contribution in [0.3, 0.4) is 0 Å². The highest BCUT2D eigenvalue weighted by atomic mass is 31.1. The minimum atomic E-state index is -0.825. The Balaban J connectivity index is 1.24. The summed E-state index contributed by atoms with van der Waals surface area (Å²) in [6.07, 6.45) is 0. The van der Waals surface area contributed by atoms with E-state index in [0.717, 1.165) is 11.2 Å². The van der Waals surface area contributed by atoms with E-state index < -0.39 is 7.92 Å². The highest BCUT2D eigenvalue weighted by molar-refractivity contribution is 7.79. The van der Waals surface area contributed by atoms with Gasteiger partial charge in [0, 0.05) is 10.8 Å². The van der Waals surface area contributed by atoms with Crippen molar-refractivity contribution in [2.45, 2.75) is 0 Å². The molecule has 9 aromatic rings. The fraction of sp³-hybridized carbons (Fsp3) is 0. The van der Waals surface area contributed by atoms with Crippen LogP contribution in [0.4, 0.5) is 0 Å². The van der Waals surface area contributed by atoms with Gasteiger partial charge in [0.2, 0.25) is 0 Å². The van der Waals surface area contributed by atoms with Gasteiger partial charge < -0.3 is 4.42 Å². The van der Waals surface area contributed by atoms with Crippen molar-refractivity contribution in [2.75, 3.05) is 0 Å². The standard InChI is InChI=1S/C42H25OP/c1-3-10-28-22-30(18-16-26(28)8-1)44(31-19-17-27-9-2-4-11-29(27)23-31)32-20-21-39-38(24-32)42-36-15-7-14-35-33-12-5-6-13-34(33)37(41(35)36)25-40(42)43-39/h1-25H. The molecule has 1 aromatic heterocycles. The molecule has 44 heavy (non-hydrogen) atoms. The maximum Gasteiger partial charge on any atom is 0.136 e. The highest BCUT2D eigenvalue weighted by Crippen LogP contribution is 2.50. The van der Waals surface area contributed by atoms with Gasteiger partial charge in [0.05, 0.1) is 0 Å². The molecular formula is C42H25OP. The molecule has 0 atom stereocenters. The minimum Gasteiger partial charge on any atom is -0.456 e. The normalized spacial score (nSPS) is 12.3. The van der Waals surface area contributed by atoms with Crippen LogP contribution in [0.1, 0.15) is 0 Å². The Kier molecular flexibility index (Phi) is 5.03. The summed E-state index contributed by atoms with van der Waals surface area (Å²) in [5.74, 6) is 0. The van der Waals surface area contributed by atoms with Gasteiger partial charge in [0.25, 0.3) is 0 Å². The third-order valence-electron chi connectivity index (χ3n) is 9.33. The Morgan fingerprint density at radius 1 is 0.341 bits per heavy atom. The molecule has 1 heterocycles. The van der Waals surface area contributed by atoms with E-state index in [9.17, 15) is 0 Å². The van der Waals surface area contributed by atoms with Gasteiger partial charge in [-0.05, 0) is 109 Å². The summed E-state index contributed by atoms with van der Waals surface area (Å²) in [6, 6.07) is 55.9. The molecule has 0 amide bonds. The van der Waals surface area contributed by atoms with Gasteiger partial charge in [-0.15, -0.1) is 0 Å². The molecule has 0 spiro atoms. The van der Waals surface area contributed by atoms with Crippen molar-refractivity contribution in [3.05, 3.63) is 152 Å². The lowest BCUT2D eigenvalue weighted by atomic mass is 9.98. The van der Waals surface area contributed by atoms with Gasteiger partial charge in [0.15, 0.2) is 0 Å². The Morgan fingerprint density at radius 2 is 0.909 bits per heavy atom. The molecule has 0 saturated heterocycles. The van der Waals surface area contributed by atoms with Crippen molar-refractivity contribution in [3.63, 3.8) is 0 Å². The van der Waals surface area contributed by atoms with Crippen molar-refractivity contribution in [1.82, 2.24) is 0 Å². The molecule has 8 aromatic carbocycles. The predicted octanol–water partition coefficient (Wildman–Crippen LogP) is 10.5. The number of benzene rings is 8. The van der Waals surface area contributed by atoms with Crippen molar-refractivity contribution in [3.8, 4) is 22.3 Å². The van der Waals surface area contributed by atoms with Crippen LogP contribution in [0.5, 0.6) is 0 Å². The number of furan rings is 1. The molecular weight excluding hydrogens is 551 g/mol. The zero-order valence-corrected chi connectivity index (χ0v) is 24.7. The van der Waals surface area contributed by atoms with Crippen LogP contribution in [-0.4, -0.2) is 0 Å². The van der Waals surface area contributed by atoms with E-state index >= 15 is 0 Å². The zero-order chi connectivity index (χ0) is 28.8. The quantitative estimate of drug-likeness (QED) is 0.191. The largest absolute Gasteiger partial charge is 0.456 e. The van der Waals surface area contributed by atoms with Crippen LogP contribution in [-0.2, 0) is 0 Å². The summed E-state index contributed by atoms with van der Waals surface area (Å²) in [5, 5.41) is 14.1. The van der Waals surface area contributed by atoms with Crippen LogP contribution in [0, 0.1) is 0 Å². The van der Waals surface area contributed by atoms with Crippen LogP contribution < -0.4 is 15.9 Å². The lowest BCUT2D eigenvalue weighted by Gasteiger charge is -2.20. The topological polar surface area (TPSA) is 13.1 Å². The van der Waals surface area contributed by atoms with E-state index in [1.54, 1.807) is 0 Å².